The first-order valence-corrected chi connectivity index (χ1v) is 14.0. The summed E-state index contributed by atoms with van der Waals surface area (Å²) in [5.41, 5.74) is 2.37. The van der Waals surface area contributed by atoms with E-state index >= 15 is 0 Å². The van der Waals surface area contributed by atoms with Crippen molar-refractivity contribution in [3.8, 4) is 0 Å². The molecule has 3 aromatic carbocycles. The van der Waals surface area contributed by atoms with Crippen LogP contribution in [0.5, 0.6) is 0 Å². The third kappa shape index (κ3) is 6.36. The number of benzene rings is 3. The number of nitrogens with zero attached hydrogens (tertiary/aromatic N) is 2. The van der Waals surface area contributed by atoms with Gasteiger partial charge in [-0.2, -0.15) is 13.2 Å². The van der Waals surface area contributed by atoms with E-state index in [0.29, 0.717) is 12.1 Å². The standard InChI is InChI=1S/C28H30F3N3O3S/c1-3-38(36,37)25-14-4-20(5-15-25)18-32-27(35)22-8-12-24(13-9-22)34-17-16-33(2)26(19-34)21-6-10-23(11-7-21)28(29,30)31/h4-15,26H,3,16-19H2,1-2H3,(H,32,35). The Balaban J connectivity index is 1.37. The third-order valence-electron chi connectivity index (χ3n) is 6.88. The zero-order valence-corrected chi connectivity index (χ0v) is 22.0. The van der Waals surface area contributed by atoms with Crippen LogP contribution in [0, 0.1) is 0 Å². The fourth-order valence-corrected chi connectivity index (χ4v) is 5.34. The Bertz CT molecular complexity index is 1360. The van der Waals surface area contributed by atoms with Crippen molar-refractivity contribution >= 4 is 21.4 Å². The van der Waals surface area contributed by atoms with Gasteiger partial charge in [-0.05, 0) is 66.7 Å². The van der Waals surface area contributed by atoms with Gasteiger partial charge in [-0.25, -0.2) is 8.42 Å². The molecular formula is C28H30F3N3O3S. The molecule has 1 atom stereocenters. The largest absolute Gasteiger partial charge is 0.416 e. The minimum Gasteiger partial charge on any atom is -0.368 e. The van der Waals surface area contributed by atoms with Crippen LogP contribution < -0.4 is 10.2 Å². The Morgan fingerprint density at radius 1 is 0.947 bits per heavy atom. The summed E-state index contributed by atoms with van der Waals surface area (Å²) in [6.07, 6.45) is -4.36. The predicted molar refractivity (Wildman–Crippen MR) is 141 cm³/mol. The van der Waals surface area contributed by atoms with Crippen molar-refractivity contribution in [2.24, 2.45) is 0 Å². The molecule has 6 nitrogen and oxygen atoms in total. The van der Waals surface area contributed by atoms with Gasteiger partial charge in [0.05, 0.1) is 22.3 Å². The molecule has 1 amide bonds. The summed E-state index contributed by atoms with van der Waals surface area (Å²) in [6.45, 7) is 3.96. The fraction of sp³-hybridized carbons (Fsp3) is 0.321. The van der Waals surface area contributed by atoms with E-state index in [1.165, 1.54) is 12.1 Å². The van der Waals surface area contributed by atoms with Gasteiger partial charge in [0.2, 0.25) is 0 Å². The highest BCUT2D eigenvalue weighted by Crippen LogP contribution is 2.32. The predicted octanol–water partition coefficient (Wildman–Crippen LogP) is 4.92. The first-order valence-electron chi connectivity index (χ1n) is 12.3. The Labute approximate surface area is 221 Å². The SMILES string of the molecule is CCS(=O)(=O)c1ccc(CNC(=O)c2ccc(N3CCN(C)C(c4ccc(C(F)(F)F)cc4)C3)cc2)cc1. The molecule has 0 bridgehead atoms. The van der Waals surface area contributed by atoms with Crippen LogP contribution in [-0.2, 0) is 22.6 Å². The molecular weight excluding hydrogens is 515 g/mol. The van der Waals surface area contributed by atoms with Gasteiger partial charge >= 0.3 is 6.18 Å². The van der Waals surface area contributed by atoms with Crippen molar-refractivity contribution in [1.82, 2.24) is 10.2 Å². The minimum absolute atomic E-state index is 0.0307. The number of carbonyl (C=O) groups is 1. The normalized spacial score (nSPS) is 16.9. The molecule has 0 aliphatic carbocycles. The number of halogens is 3. The van der Waals surface area contributed by atoms with E-state index in [-0.39, 0.29) is 29.1 Å². The molecule has 10 heteroatoms. The highest BCUT2D eigenvalue weighted by molar-refractivity contribution is 7.91. The number of carbonyl (C=O) groups excluding carboxylic acids is 1. The Hall–Kier alpha value is -3.37. The average molecular weight is 546 g/mol. The monoisotopic (exact) mass is 545 g/mol. The van der Waals surface area contributed by atoms with Crippen LogP contribution in [0.4, 0.5) is 18.9 Å². The van der Waals surface area contributed by atoms with Gasteiger partial charge in [0, 0.05) is 37.4 Å². The number of hydrogen-bond acceptors (Lipinski definition) is 5. The molecule has 1 aliphatic rings. The lowest BCUT2D eigenvalue weighted by molar-refractivity contribution is -0.137. The van der Waals surface area contributed by atoms with Gasteiger partial charge in [-0.3, -0.25) is 9.69 Å². The number of amides is 1. The molecule has 1 unspecified atom stereocenters. The van der Waals surface area contributed by atoms with Gasteiger partial charge in [-0.1, -0.05) is 31.2 Å². The van der Waals surface area contributed by atoms with Crippen LogP contribution >= 0.6 is 0 Å². The molecule has 202 valence electrons. The van der Waals surface area contributed by atoms with Crippen molar-refractivity contribution in [2.45, 2.75) is 30.6 Å². The molecule has 1 aliphatic heterocycles. The zero-order chi connectivity index (χ0) is 27.5. The summed E-state index contributed by atoms with van der Waals surface area (Å²) >= 11 is 0. The van der Waals surface area contributed by atoms with E-state index in [4.69, 9.17) is 0 Å². The first kappa shape index (κ1) is 27.7. The third-order valence-corrected chi connectivity index (χ3v) is 8.63. The number of nitrogens with one attached hydrogen (secondary N) is 1. The smallest absolute Gasteiger partial charge is 0.368 e. The van der Waals surface area contributed by atoms with Crippen LogP contribution in [0.3, 0.4) is 0 Å². The zero-order valence-electron chi connectivity index (χ0n) is 21.2. The molecule has 0 saturated carbocycles. The summed E-state index contributed by atoms with van der Waals surface area (Å²) in [5, 5.41) is 2.85. The lowest BCUT2D eigenvalue weighted by Crippen LogP contribution is -2.46. The molecule has 1 fully saturated rings. The number of alkyl halides is 3. The van der Waals surface area contributed by atoms with Crippen molar-refractivity contribution in [3.63, 3.8) is 0 Å². The number of piperazine rings is 1. The topological polar surface area (TPSA) is 69.7 Å². The van der Waals surface area contributed by atoms with E-state index in [1.54, 1.807) is 43.3 Å². The second-order valence-electron chi connectivity index (χ2n) is 9.34. The minimum atomic E-state index is -4.36. The lowest BCUT2D eigenvalue weighted by atomic mass is 10.0. The van der Waals surface area contributed by atoms with Crippen LogP contribution in [0.25, 0.3) is 0 Å². The second kappa shape index (κ2) is 11.2. The highest BCUT2D eigenvalue weighted by atomic mass is 32.2. The van der Waals surface area contributed by atoms with Crippen molar-refractivity contribution in [3.05, 3.63) is 95.1 Å². The van der Waals surface area contributed by atoms with Crippen molar-refractivity contribution in [1.29, 1.82) is 0 Å². The first-order chi connectivity index (χ1) is 18.0. The maximum absolute atomic E-state index is 12.9. The van der Waals surface area contributed by atoms with Gasteiger partial charge < -0.3 is 10.2 Å². The molecule has 0 spiro atoms. The maximum atomic E-state index is 12.9. The molecule has 38 heavy (non-hydrogen) atoms. The number of rotatable bonds is 7. The number of anilines is 1. The quantitative estimate of drug-likeness (QED) is 0.457. The van der Waals surface area contributed by atoms with Gasteiger partial charge in [0.1, 0.15) is 0 Å². The van der Waals surface area contributed by atoms with E-state index < -0.39 is 21.6 Å². The Morgan fingerprint density at radius 2 is 1.58 bits per heavy atom. The number of hydrogen-bond donors (Lipinski definition) is 1. The fourth-order valence-electron chi connectivity index (χ4n) is 4.45. The molecule has 0 aromatic heterocycles. The van der Waals surface area contributed by atoms with E-state index in [1.807, 2.05) is 19.2 Å². The van der Waals surface area contributed by atoms with Crippen LogP contribution in [0.15, 0.2) is 77.7 Å². The molecule has 1 heterocycles. The highest BCUT2D eigenvalue weighted by Gasteiger charge is 2.31. The van der Waals surface area contributed by atoms with Gasteiger partial charge in [-0.15, -0.1) is 0 Å². The molecule has 4 rings (SSSR count). The van der Waals surface area contributed by atoms with Crippen LogP contribution in [0.1, 0.15) is 40.0 Å². The van der Waals surface area contributed by atoms with Crippen molar-refractivity contribution in [2.75, 3.05) is 37.3 Å². The van der Waals surface area contributed by atoms with E-state index in [2.05, 4.69) is 15.1 Å². The summed E-state index contributed by atoms with van der Waals surface area (Å²) in [5.74, 6) is -0.217. The number of likely N-dealkylation sites (N-methyl/N-ethyl adjacent to an activating group) is 1. The summed E-state index contributed by atoms with van der Waals surface area (Å²) in [7, 11) is -1.31. The van der Waals surface area contributed by atoms with E-state index in [0.717, 1.165) is 42.0 Å². The van der Waals surface area contributed by atoms with Crippen molar-refractivity contribution < 1.29 is 26.4 Å². The van der Waals surface area contributed by atoms with Crippen LogP contribution in [-0.4, -0.2) is 51.7 Å². The molecule has 3 aromatic rings. The van der Waals surface area contributed by atoms with Crippen LogP contribution in [0.2, 0.25) is 0 Å². The number of sulfone groups is 1. The van der Waals surface area contributed by atoms with Gasteiger partial charge in [0.15, 0.2) is 9.84 Å². The Kier molecular flexibility index (Phi) is 8.13. The summed E-state index contributed by atoms with van der Waals surface area (Å²) in [6, 6.07) is 18.9. The average Bonchev–Trinajstić information content (AvgIpc) is 2.92. The lowest BCUT2D eigenvalue weighted by Gasteiger charge is -2.41. The van der Waals surface area contributed by atoms with Gasteiger partial charge in [0.25, 0.3) is 5.91 Å². The van der Waals surface area contributed by atoms with E-state index in [9.17, 15) is 26.4 Å². The maximum Gasteiger partial charge on any atom is 0.416 e. The molecule has 1 saturated heterocycles. The molecule has 0 radical (unpaired) electrons. The summed E-state index contributed by atoms with van der Waals surface area (Å²) in [4.78, 5) is 17.2. The second-order valence-corrected chi connectivity index (χ2v) is 11.6. The summed E-state index contributed by atoms with van der Waals surface area (Å²) < 4.78 is 62.7. The Morgan fingerprint density at radius 3 is 2.16 bits per heavy atom. The molecule has 1 N–H and O–H groups in total.